The summed E-state index contributed by atoms with van der Waals surface area (Å²) < 4.78 is 40.8. The van der Waals surface area contributed by atoms with Crippen molar-refractivity contribution in [2.75, 3.05) is 6.26 Å². The molecule has 3 nitrogen and oxygen atoms in total. The lowest BCUT2D eigenvalue weighted by atomic mass is 10.1. The molecular formula is C19H17F3N2OS. The number of aliphatic hydroxyl groups excluding tert-OH is 1. The Kier molecular flexibility index (Phi) is 5.11. The third-order valence-electron chi connectivity index (χ3n) is 4.01. The highest BCUT2D eigenvalue weighted by molar-refractivity contribution is 7.98. The van der Waals surface area contributed by atoms with E-state index in [-0.39, 0.29) is 0 Å². The minimum Gasteiger partial charge on any atom is -0.389 e. The van der Waals surface area contributed by atoms with Gasteiger partial charge in [-0.15, -0.1) is 11.8 Å². The molecule has 3 aromatic rings. The minimum absolute atomic E-state index is 0.356. The van der Waals surface area contributed by atoms with Crippen LogP contribution < -0.4 is 0 Å². The standard InChI is InChI=1S/C19H17F3N2OS/c1-12(25)13-3-7-15(8-4-13)24-17(11-18(23-24)19(20,21)22)14-5-9-16(26-2)10-6-14/h3-12,25H,1-2H3. The van der Waals surface area contributed by atoms with Crippen LogP contribution in [0.5, 0.6) is 0 Å². The molecule has 1 N–H and O–H groups in total. The second kappa shape index (κ2) is 7.17. The quantitative estimate of drug-likeness (QED) is 0.623. The van der Waals surface area contributed by atoms with E-state index in [1.807, 2.05) is 18.4 Å². The van der Waals surface area contributed by atoms with Crippen LogP contribution >= 0.6 is 11.8 Å². The van der Waals surface area contributed by atoms with Crippen LogP contribution in [-0.4, -0.2) is 21.1 Å². The summed E-state index contributed by atoms with van der Waals surface area (Å²) in [5, 5.41) is 13.4. The number of aliphatic hydroxyl groups is 1. The maximum absolute atomic E-state index is 13.2. The molecule has 3 rings (SSSR count). The summed E-state index contributed by atoms with van der Waals surface area (Å²) in [6.45, 7) is 1.63. The van der Waals surface area contributed by atoms with Crippen LogP contribution in [0.1, 0.15) is 24.3 Å². The number of benzene rings is 2. The monoisotopic (exact) mass is 378 g/mol. The van der Waals surface area contributed by atoms with E-state index in [4.69, 9.17) is 0 Å². The zero-order chi connectivity index (χ0) is 18.9. The van der Waals surface area contributed by atoms with Crippen molar-refractivity contribution in [3.8, 4) is 16.9 Å². The highest BCUT2D eigenvalue weighted by Crippen LogP contribution is 2.34. The number of hydrogen-bond donors (Lipinski definition) is 1. The first kappa shape index (κ1) is 18.5. The van der Waals surface area contributed by atoms with Crippen molar-refractivity contribution in [3.05, 3.63) is 65.9 Å². The Morgan fingerprint density at radius 3 is 2.15 bits per heavy atom. The summed E-state index contributed by atoms with van der Waals surface area (Å²) in [6.07, 6.45) is -3.24. The molecule has 0 aliphatic rings. The zero-order valence-electron chi connectivity index (χ0n) is 14.2. The third-order valence-corrected chi connectivity index (χ3v) is 4.75. The molecule has 0 aliphatic carbocycles. The number of nitrogens with zero attached hydrogens (tertiary/aromatic N) is 2. The highest BCUT2D eigenvalue weighted by atomic mass is 32.2. The Hall–Kier alpha value is -2.25. The Bertz CT molecular complexity index is 885. The second-order valence-electron chi connectivity index (χ2n) is 5.82. The van der Waals surface area contributed by atoms with Crippen LogP contribution in [0.2, 0.25) is 0 Å². The lowest BCUT2D eigenvalue weighted by molar-refractivity contribution is -0.141. The van der Waals surface area contributed by atoms with Crippen molar-refractivity contribution in [2.45, 2.75) is 24.1 Å². The predicted molar refractivity (Wildman–Crippen MR) is 96.4 cm³/mol. The van der Waals surface area contributed by atoms with Gasteiger partial charge in [-0.1, -0.05) is 24.3 Å². The van der Waals surface area contributed by atoms with E-state index in [1.54, 1.807) is 55.1 Å². The summed E-state index contributed by atoms with van der Waals surface area (Å²) in [5.41, 5.74) is 1.23. The van der Waals surface area contributed by atoms with Gasteiger partial charge in [0.25, 0.3) is 0 Å². The molecular weight excluding hydrogens is 361 g/mol. The zero-order valence-corrected chi connectivity index (χ0v) is 15.0. The average molecular weight is 378 g/mol. The first-order valence-corrected chi connectivity index (χ1v) is 9.12. The van der Waals surface area contributed by atoms with Crippen molar-refractivity contribution in [1.82, 2.24) is 9.78 Å². The molecule has 1 unspecified atom stereocenters. The van der Waals surface area contributed by atoms with Gasteiger partial charge in [0.1, 0.15) is 0 Å². The molecule has 0 bridgehead atoms. The molecule has 0 amide bonds. The van der Waals surface area contributed by atoms with Gasteiger partial charge in [0, 0.05) is 10.5 Å². The number of alkyl halides is 3. The Morgan fingerprint density at radius 1 is 1.04 bits per heavy atom. The Morgan fingerprint density at radius 2 is 1.65 bits per heavy atom. The molecule has 2 aromatic carbocycles. The molecule has 0 fully saturated rings. The van der Waals surface area contributed by atoms with Gasteiger partial charge in [0.05, 0.1) is 17.5 Å². The molecule has 0 saturated heterocycles. The smallest absolute Gasteiger partial charge is 0.389 e. The molecule has 1 aromatic heterocycles. The average Bonchev–Trinajstić information content (AvgIpc) is 3.07. The van der Waals surface area contributed by atoms with Gasteiger partial charge in [-0.05, 0) is 49.1 Å². The van der Waals surface area contributed by atoms with Crippen molar-refractivity contribution < 1.29 is 18.3 Å². The van der Waals surface area contributed by atoms with Gasteiger partial charge in [-0.25, -0.2) is 4.68 Å². The highest BCUT2D eigenvalue weighted by Gasteiger charge is 2.35. The molecule has 0 saturated carbocycles. The van der Waals surface area contributed by atoms with E-state index in [1.165, 1.54) is 4.68 Å². The van der Waals surface area contributed by atoms with Crippen LogP contribution in [0.15, 0.2) is 59.5 Å². The van der Waals surface area contributed by atoms with Crippen LogP contribution in [0, 0.1) is 0 Å². The van der Waals surface area contributed by atoms with Gasteiger partial charge in [-0.3, -0.25) is 0 Å². The van der Waals surface area contributed by atoms with Crippen molar-refractivity contribution in [1.29, 1.82) is 0 Å². The number of hydrogen-bond acceptors (Lipinski definition) is 3. The SMILES string of the molecule is CSc1ccc(-c2cc(C(F)(F)F)nn2-c2ccc(C(C)O)cc2)cc1. The lowest BCUT2D eigenvalue weighted by Gasteiger charge is -2.10. The molecule has 0 radical (unpaired) electrons. The third kappa shape index (κ3) is 3.78. The summed E-state index contributed by atoms with van der Waals surface area (Å²) in [7, 11) is 0. The van der Waals surface area contributed by atoms with Crippen molar-refractivity contribution in [3.63, 3.8) is 0 Å². The molecule has 0 aliphatic heterocycles. The molecule has 26 heavy (non-hydrogen) atoms. The number of halogens is 3. The first-order chi connectivity index (χ1) is 12.3. The molecule has 1 heterocycles. The van der Waals surface area contributed by atoms with Crippen LogP contribution in [0.4, 0.5) is 13.2 Å². The second-order valence-corrected chi connectivity index (χ2v) is 6.70. The number of thioether (sulfide) groups is 1. The van der Waals surface area contributed by atoms with E-state index < -0.39 is 18.0 Å². The molecule has 136 valence electrons. The van der Waals surface area contributed by atoms with E-state index in [0.29, 0.717) is 22.5 Å². The van der Waals surface area contributed by atoms with Gasteiger partial charge >= 0.3 is 6.18 Å². The summed E-state index contributed by atoms with van der Waals surface area (Å²) in [6, 6.07) is 15.0. The summed E-state index contributed by atoms with van der Waals surface area (Å²) in [5.74, 6) is 0. The fourth-order valence-corrected chi connectivity index (χ4v) is 2.99. The van der Waals surface area contributed by atoms with Crippen molar-refractivity contribution in [2.24, 2.45) is 0 Å². The van der Waals surface area contributed by atoms with E-state index >= 15 is 0 Å². The maximum Gasteiger partial charge on any atom is 0.435 e. The predicted octanol–water partition coefficient (Wildman–Crippen LogP) is 5.33. The molecule has 0 spiro atoms. The normalized spacial score (nSPS) is 13.0. The maximum atomic E-state index is 13.2. The van der Waals surface area contributed by atoms with E-state index in [2.05, 4.69) is 5.10 Å². The van der Waals surface area contributed by atoms with E-state index in [0.717, 1.165) is 11.0 Å². The molecule has 1 atom stereocenters. The number of aromatic nitrogens is 2. The van der Waals surface area contributed by atoms with E-state index in [9.17, 15) is 18.3 Å². The first-order valence-electron chi connectivity index (χ1n) is 7.89. The molecule has 7 heteroatoms. The summed E-state index contributed by atoms with van der Waals surface area (Å²) >= 11 is 1.56. The minimum atomic E-state index is -4.53. The van der Waals surface area contributed by atoms with Gasteiger partial charge in [0.15, 0.2) is 5.69 Å². The van der Waals surface area contributed by atoms with Crippen LogP contribution in [0.3, 0.4) is 0 Å². The Balaban J connectivity index is 2.11. The summed E-state index contributed by atoms with van der Waals surface area (Å²) in [4.78, 5) is 1.03. The lowest BCUT2D eigenvalue weighted by Crippen LogP contribution is -2.07. The van der Waals surface area contributed by atoms with Gasteiger partial charge in [0.2, 0.25) is 0 Å². The Labute approximate surface area is 153 Å². The van der Waals surface area contributed by atoms with Gasteiger partial charge < -0.3 is 5.11 Å². The fraction of sp³-hybridized carbons (Fsp3) is 0.211. The van der Waals surface area contributed by atoms with Crippen molar-refractivity contribution >= 4 is 11.8 Å². The topological polar surface area (TPSA) is 38.0 Å². The van der Waals surface area contributed by atoms with Crippen LogP contribution in [0.25, 0.3) is 16.9 Å². The van der Waals surface area contributed by atoms with Gasteiger partial charge in [-0.2, -0.15) is 18.3 Å². The fourth-order valence-electron chi connectivity index (χ4n) is 2.58. The van der Waals surface area contributed by atoms with Crippen LogP contribution in [-0.2, 0) is 6.18 Å². The number of rotatable bonds is 4. The largest absolute Gasteiger partial charge is 0.435 e.